The first-order valence-electron chi connectivity index (χ1n) is 9.68. The number of carbonyl (C=O) groups excluding carboxylic acids is 2. The predicted molar refractivity (Wildman–Crippen MR) is 110 cm³/mol. The van der Waals surface area contributed by atoms with Gasteiger partial charge in [-0.2, -0.15) is 0 Å². The molecule has 1 saturated heterocycles. The molecule has 8 heteroatoms. The smallest absolute Gasteiger partial charge is 0.409 e. The van der Waals surface area contributed by atoms with Crippen LogP contribution in [0.15, 0.2) is 42.7 Å². The highest BCUT2D eigenvalue weighted by Crippen LogP contribution is 2.24. The van der Waals surface area contributed by atoms with Crippen LogP contribution in [0.25, 0.3) is 0 Å². The normalized spacial score (nSPS) is 14.2. The number of nitrogens with one attached hydrogen (secondary N) is 2. The van der Waals surface area contributed by atoms with E-state index in [4.69, 9.17) is 9.47 Å². The zero-order valence-electron chi connectivity index (χ0n) is 16.7. The van der Waals surface area contributed by atoms with Crippen LogP contribution in [-0.4, -0.2) is 54.7 Å². The highest BCUT2D eigenvalue weighted by molar-refractivity contribution is 6.05. The van der Waals surface area contributed by atoms with E-state index in [9.17, 15) is 9.59 Å². The number of carbonyl (C=O) groups is 2. The average Bonchev–Trinajstić information content (AvgIpc) is 2.75. The van der Waals surface area contributed by atoms with Crippen molar-refractivity contribution in [2.24, 2.45) is 0 Å². The maximum atomic E-state index is 12.6. The highest BCUT2D eigenvalue weighted by atomic mass is 16.6. The number of para-hydroxylation sites is 2. The first-order chi connectivity index (χ1) is 14.1. The van der Waals surface area contributed by atoms with Gasteiger partial charge in [0.2, 0.25) is 0 Å². The van der Waals surface area contributed by atoms with E-state index >= 15 is 0 Å². The molecule has 1 aliphatic heterocycles. The Morgan fingerprint density at radius 2 is 1.97 bits per heavy atom. The molecular formula is C21H26N4O4. The van der Waals surface area contributed by atoms with Crippen LogP contribution in [-0.2, 0) is 4.74 Å². The number of amides is 2. The number of anilines is 2. The lowest BCUT2D eigenvalue weighted by Crippen LogP contribution is -2.42. The fourth-order valence-corrected chi connectivity index (χ4v) is 3.24. The second-order valence-electron chi connectivity index (χ2n) is 6.72. The Labute approximate surface area is 170 Å². The summed E-state index contributed by atoms with van der Waals surface area (Å²) < 4.78 is 10.3. The molecule has 8 nitrogen and oxygen atoms in total. The molecule has 3 rings (SSSR count). The van der Waals surface area contributed by atoms with Crippen LogP contribution in [0, 0.1) is 0 Å². The van der Waals surface area contributed by atoms with Crippen molar-refractivity contribution >= 4 is 23.4 Å². The Kier molecular flexibility index (Phi) is 6.89. The summed E-state index contributed by atoms with van der Waals surface area (Å²) >= 11 is 0. The van der Waals surface area contributed by atoms with Crippen molar-refractivity contribution in [3.05, 3.63) is 48.3 Å². The zero-order chi connectivity index (χ0) is 20.6. The van der Waals surface area contributed by atoms with Crippen molar-refractivity contribution in [1.29, 1.82) is 0 Å². The van der Waals surface area contributed by atoms with Crippen LogP contribution in [0.3, 0.4) is 0 Å². The third-order valence-electron chi connectivity index (χ3n) is 4.75. The molecule has 0 unspecified atom stereocenters. The highest BCUT2D eigenvalue weighted by Gasteiger charge is 2.23. The minimum Gasteiger partial charge on any atom is -0.495 e. The van der Waals surface area contributed by atoms with Gasteiger partial charge in [-0.05, 0) is 38.0 Å². The summed E-state index contributed by atoms with van der Waals surface area (Å²) in [5.74, 6) is 0.333. The maximum absolute atomic E-state index is 12.6. The Bertz CT molecular complexity index is 850. The molecule has 1 aromatic heterocycles. The molecule has 2 N–H and O–H groups in total. The fourth-order valence-electron chi connectivity index (χ4n) is 3.24. The van der Waals surface area contributed by atoms with Crippen LogP contribution in [0.5, 0.6) is 5.75 Å². The minimum absolute atomic E-state index is 0.204. The van der Waals surface area contributed by atoms with Gasteiger partial charge >= 0.3 is 6.09 Å². The Morgan fingerprint density at radius 3 is 2.69 bits per heavy atom. The lowest BCUT2D eigenvalue weighted by molar-refractivity contribution is 0.0981. The largest absolute Gasteiger partial charge is 0.495 e. The van der Waals surface area contributed by atoms with Crippen molar-refractivity contribution in [3.63, 3.8) is 0 Å². The first kappa shape index (κ1) is 20.4. The predicted octanol–water partition coefficient (Wildman–Crippen LogP) is 3.38. The van der Waals surface area contributed by atoms with E-state index in [-0.39, 0.29) is 18.0 Å². The van der Waals surface area contributed by atoms with Crippen molar-refractivity contribution in [2.75, 3.05) is 37.4 Å². The number of methoxy groups -OCH3 is 1. The molecule has 0 spiro atoms. The van der Waals surface area contributed by atoms with E-state index in [0.717, 1.165) is 18.5 Å². The van der Waals surface area contributed by atoms with Gasteiger partial charge in [0.25, 0.3) is 5.91 Å². The van der Waals surface area contributed by atoms with Crippen LogP contribution in [0.4, 0.5) is 16.2 Å². The molecule has 154 valence electrons. The van der Waals surface area contributed by atoms with Crippen LogP contribution in [0.2, 0.25) is 0 Å². The molecule has 1 fully saturated rings. The molecule has 0 radical (unpaired) electrons. The number of nitrogens with zero attached hydrogens (tertiary/aromatic N) is 2. The van der Waals surface area contributed by atoms with Gasteiger partial charge < -0.3 is 25.0 Å². The summed E-state index contributed by atoms with van der Waals surface area (Å²) in [4.78, 5) is 30.3. The van der Waals surface area contributed by atoms with Gasteiger partial charge in [0.15, 0.2) is 0 Å². The fraction of sp³-hybridized carbons (Fsp3) is 0.381. The third-order valence-corrected chi connectivity index (χ3v) is 4.75. The SMILES string of the molecule is CCOC(=O)N1CCC(Nc2cncc(C(=O)Nc3ccccc3OC)c2)CC1. The number of hydrogen-bond acceptors (Lipinski definition) is 6. The van der Waals surface area contributed by atoms with Gasteiger partial charge in [-0.3, -0.25) is 9.78 Å². The quantitative estimate of drug-likeness (QED) is 0.775. The number of pyridine rings is 1. The molecule has 29 heavy (non-hydrogen) atoms. The number of ether oxygens (including phenoxy) is 2. The number of likely N-dealkylation sites (tertiary alicyclic amines) is 1. The summed E-state index contributed by atoms with van der Waals surface area (Å²) in [7, 11) is 1.56. The van der Waals surface area contributed by atoms with Crippen LogP contribution < -0.4 is 15.4 Å². The van der Waals surface area contributed by atoms with Crippen molar-refractivity contribution < 1.29 is 19.1 Å². The van der Waals surface area contributed by atoms with Crippen LogP contribution >= 0.6 is 0 Å². The molecule has 0 atom stereocenters. The molecule has 1 aliphatic rings. The number of hydrogen-bond donors (Lipinski definition) is 2. The second kappa shape index (κ2) is 9.77. The number of aromatic nitrogens is 1. The molecule has 0 aliphatic carbocycles. The van der Waals surface area contributed by atoms with E-state index in [1.165, 1.54) is 6.20 Å². The minimum atomic E-state index is -0.261. The molecule has 2 aromatic rings. The summed E-state index contributed by atoms with van der Waals surface area (Å²) in [5.41, 5.74) is 1.82. The van der Waals surface area contributed by atoms with E-state index in [0.29, 0.717) is 36.7 Å². The second-order valence-corrected chi connectivity index (χ2v) is 6.72. The average molecular weight is 398 g/mol. The monoisotopic (exact) mass is 398 g/mol. The van der Waals surface area contributed by atoms with Gasteiger partial charge in [-0.25, -0.2) is 4.79 Å². The van der Waals surface area contributed by atoms with Crippen LogP contribution in [0.1, 0.15) is 30.1 Å². The number of benzene rings is 1. The van der Waals surface area contributed by atoms with Gasteiger partial charge in [0.05, 0.1) is 30.7 Å². The lowest BCUT2D eigenvalue weighted by atomic mass is 10.1. The third kappa shape index (κ3) is 5.37. The van der Waals surface area contributed by atoms with E-state index in [2.05, 4.69) is 15.6 Å². The number of rotatable bonds is 6. The Morgan fingerprint density at radius 1 is 1.21 bits per heavy atom. The molecule has 1 aromatic carbocycles. The van der Waals surface area contributed by atoms with E-state index in [1.54, 1.807) is 43.3 Å². The van der Waals surface area contributed by atoms with Gasteiger partial charge in [0, 0.05) is 31.5 Å². The van der Waals surface area contributed by atoms with Crippen molar-refractivity contribution in [1.82, 2.24) is 9.88 Å². The summed E-state index contributed by atoms with van der Waals surface area (Å²) in [6.07, 6.45) is 4.56. The molecule has 0 bridgehead atoms. The molecule has 2 heterocycles. The standard InChI is InChI=1S/C21H26N4O4/c1-3-29-21(27)25-10-8-16(9-11-25)23-17-12-15(13-22-14-17)20(26)24-18-6-4-5-7-19(18)28-2/h4-7,12-14,16,23H,3,8-11H2,1-2H3,(H,24,26). The topological polar surface area (TPSA) is 92.8 Å². The Hall–Kier alpha value is -3.29. The maximum Gasteiger partial charge on any atom is 0.409 e. The summed E-state index contributed by atoms with van der Waals surface area (Å²) in [6.45, 7) is 3.46. The molecular weight excluding hydrogens is 372 g/mol. The first-order valence-corrected chi connectivity index (χ1v) is 9.68. The lowest BCUT2D eigenvalue weighted by Gasteiger charge is -2.32. The van der Waals surface area contributed by atoms with Crippen molar-refractivity contribution in [3.8, 4) is 5.75 Å². The van der Waals surface area contributed by atoms with Crippen molar-refractivity contribution in [2.45, 2.75) is 25.8 Å². The Balaban J connectivity index is 1.58. The van der Waals surface area contributed by atoms with Gasteiger partial charge in [-0.1, -0.05) is 12.1 Å². The van der Waals surface area contributed by atoms with Gasteiger partial charge in [-0.15, -0.1) is 0 Å². The van der Waals surface area contributed by atoms with E-state index in [1.807, 2.05) is 12.1 Å². The molecule has 0 saturated carbocycles. The zero-order valence-corrected chi connectivity index (χ0v) is 16.7. The van der Waals surface area contributed by atoms with E-state index < -0.39 is 0 Å². The number of piperidine rings is 1. The van der Waals surface area contributed by atoms with Gasteiger partial charge in [0.1, 0.15) is 5.75 Å². The summed E-state index contributed by atoms with van der Waals surface area (Å²) in [6, 6.07) is 9.22. The summed E-state index contributed by atoms with van der Waals surface area (Å²) in [5, 5.41) is 6.26. The molecule has 2 amide bonds.